The summed E-state index contributed by atoms with van der Waals surface area (Å²) in [4.78, 5) is 13.5. The van der Waals surface area contributed by atoms with Crippen molar-refractivity contribution in [1.82, 2.24) is 4.90 Å². The van der Waals surface area contributed by atoms with Gasteiger partial charge in [0.25, 0.3) is 0 Å². The van der Waals surface area contributed by atoms with Crippen LogP contribution in [0.5, 0.6) is 11.5 Å². The summed E-state index contributed by atoms with van der Waals surface area (Å²) in [6.07, 6.45) is 1.24. The number of ether oxygens (including phenoxy) is 2. The van der Waals surface area contributed by atoms with Gasteiger partial charge in [0.15, 0.2) is 11.5 Å². The summed E-state index contributed by atoms with van der Waals surface area (Å²) in [6, 6.07) is 5.52. The fourth-order valence-electron chi connectivity index (χ4n) is 2.38. The van der Waals surface area contributed by atoms with Crippen molar-refractivity contribution < 1.29 is 19.4 Å². The molecule has 0 aromatic heterocycles. The van der Waals surface area contributed by atoms with Crippen molar-refractivity contribution >= 4 is 5.91 Å². The van der Waals surface area contributed by atoms with Crippen molar-refractivity contribution in [3.8, 4) is 11.5 Å². The molecule has 0 bridgehead atoms. The lowest BCUT2D eigenvalue weighted by atomic mass is 10.1. The van der Waals surface area contributed by atoms with E-state index in [1.54, 1.807) is 19.1 Å². The number of likely N-dealkylation sites (tertiary alicyclic amines) is 1. The zero-order chi connectivity index (χ0) is 13.8. The fourth-order valence-corrected chi connectivity index (χ4v) is 2.38. The van der Waals surface area contributed by atoms with Crippen molar-refractivity contribution in [2.75, 3.05) is 20.8 Å². The van der Waals surface area contributed by atoms with Gasteiger partial charge >= 0.3 is 0 Å². The summed E-state index contributed by atoms with van der Waals surface area (Å²) in [7, 11) is 3.17. The van der Waals surface area contributed by atoms with Crippen LogP contribution < -0.4 is 9.47 Å². The Morgan fingerprint density at radius 1 is 1.32 bits per heavy atom. The van der Waals surface area contributed by atoms with Crippen LogP contribution in [-0.4, -0.2) is 42.8 Å². The molecule has 1 aromatic rings. The highest BCUT2D eigenvalue weighted by atomic mass is 16.5. The van der Waals surface area contributed by atoms with Crippen LogP contribution in [0.1, 0.15) is 18.4 Å². The highest BCUT2D eigenvalue weighted by Gasteiger charge is 2.30. The van der Waals surface area contributed by atoms with Crippen LogP contribution in [0.4, 0.5) is 0 Å². The zero-order valence-electron chi connectivity index (χ0n) is 11.3. The van der Waals surface area contributed by atoms with Crippen molar-refractivity contribution in [3.63, 3.8) is 0 Å². The smallest absolute Gasteiger partial charge is 0.223 e. The summed E-state index contributed by atoms with van der Waals surface area (Å²) < 4.78 is 10.4. The molecular formula is C14H19NO4. The maximum atomic E-state index is 11.8. The molecule has 1 saturated heterocycles. The van der Waals surface area contributed by atoms with Gasteiger partial charge in [0.1, 0.15) is 0 Å². The topological polar surface area (TPSA) is 59.0 Å². The summed E-state index contributed by atoms with van der Waals surface area (Å²) in [5.41, 5.74) is 0.964. The molecule has 0 aliphatic carbocycles. The predicted octanol–water partition coefficient (Wildman–Crippen LogP) is 1.19. The first-order valence-electron chi connectivity index (χ1n) is 6.30. The normalized spacial score (nSPS) is 18.8. The molecule has 1 aromatic carbocycles. The second-order valence-electron chi connectivity index (χ2n) is 4.59. The van der Waals surface area contributed by atoms with E-state index in [9.17, 15) is 9.90 Å². The molecule has 1 unspecified atom stereocenters. The van der Waals surface area contributed by atoms with Crippen LogP contribution in [-0.2, 0) is 11.3 Å². The maximum absolute atomic E-state index is 11.8. The van der Waals surface area contributed by atoms with Crippen LogP contribution in [0, 0.1) is 0 Å². The Labute approximate surface area is 112 Å². The number of nitrogens with zero attached hydrogens (tertiary/aromatic N) is 1. The number of hydrogen-bond acceptors (Lipinski definition) is 4. The third-order valence-corrected chi connectivity index (χ3v) is 3.46. The van der Waals surface area contributed by atoms with E-state index in [1.165, 1.54) is 0 Å². The summed E-state index contributed by atoms with van der Waals surface area (Å²) in [5.74, 6) is 1.40. The summed E-state index contributed by atoms with van der Waals surface area (Å²) in [5, 5.41) is 9.28. The molecule has 5 heteroatoms. The highest BCUT2D eigenvalue weighted by Crippen LogP contribution is 2.29. The zero-order valence-corrected chi connectivity index (χ0v) is 11.3. The molecule has 1 atom stereocenters. The van der Waals surface area contributed by atoms with E-state index in [-0.39, 0.29) is 18.6 Å². The number of amides is 1. The second kappa shape index (κ2) is 5.93. The highest BCUT2D eigenvalue weighted by molar-refractivity contribution is 5.78. The monoisotopic (exact) mass is 265 g/mol. The molecule has 1 fully saturated rings. The van der Waals surface area contributed by atoms with Crippen molar-refractivity contribution in [2.45, 2.75) is 25.4 Å². The van der Waals surface area contributed by atoms with E-state index in [1.807, 2.05) is 18.2 Å². The molecule has 104 valence electrons. The third kappa shape index (κ3) is 2.81. The lowest BCUT2D eigenvalue weighted by Crippen LogP contribution is -2.34. The average Bonchev–Trinajstić information content (AvgIpc) is 2.79. The van der Waals surface area contributed by atoms with E-state index >= 15 is 0 Å². The molecule has 1 aliphatic heterocycles. The SMILES string of the molecule is COc1ccc(CN2C(=O)CCC2CO)cc1OC. The summed E-state index contributed by atoms with van der Waals surface area (Å²) in [6.45, 7) is 0.503. The molecule has 2 rings (SSSR count). The Balaban J connectivity index is 2.16. The van der Waals surface area contributed by atoms with Gasteiger partial charge in [-0.1, -0.05) is 6.07 Å². The van der Waals surface area contributed by atoms with Crippen molar-refractivity contribution in [1.29, 1.82) is 0 Å². The molecule has 1 heterocycles. The molecule has 1 amide bonds. The minimum Gasteiger partial charge on any atom is -0.493 e. The van der Waals surface area contributed by atoms with Crippen LogP contribution >= 0.6 is 0 Å². The Bertz CT molecular complexity index is 461. The molecule has 19 heavy (non-hydrogen) atoms. The molecule has 0 radical (unpaired) electrons. The van der Waals surface area contributed by atoms with Crippen LogP contribution in [0.3, 0.4) is 0 Å². The average molecular weight is 265 g/mol. The van der Waals surface area contributed by atoms with Crippen molar-refractivity contribution in [2.24, 2.45) is 0 Å². The van der Waals surface area contributed by atoms with E-state index in [2.05, 4.69) is 0 Å². The predicted molar refractivity (Wildman–Crippen MR) is 70.2 cm³/mol. The van der Waals surface area contributed by atoms with Gasteiger partial charge in [-0.05, 0) is 24.1 Å². The van der Waals surface area contributed by atoms with Gasteiger partial charge in [0, 0.05) is 13.0 Å². The third-order valence-electron chi connectivity index (χ3n) is 3.46. The van der Waals surface area contributed by atoms with E-state index in [0.29, 0.717) is 24.5 Å². The van der Waals surface area contributed by atoms with Gasteiger partial charge in [-0.2, -0.15) is 0 Å². The first-order valence-corrected chi connectivity index (χ1v) is 6.30. The lowest BCUT2D eigenvalue weighted by molar-refractivity contribution is -0.130. The molecule has 5 nitrogen and oxygen atoms in total. The number of carbonyl (C=O) groups is 1. The number of aliphatic hydroxyl groups excluding tert-OH is 1. The second-order valence-corrected chi connectivity index (χ2v) is 4.59. The Morgan fingerprint density at radius 2 is 2.05 bits per heavy atom. The number of benzene rings is 1. The van der Waals surface area contributed by atoms with Crippen LogP contribution in [0.15, 0.2) is 18.2 Å². The van der Waals surface area contributed by atoms with E-state index in [0.717, 1.165) is 12.0 Å². The first-order chi connectivity index (χ1) is 9.19. The van der Waals surface area contributed by atoms with Crippen LogP contribution in [0.2, 0.25) is 0 Å². The van der Waals surface area contributed by atoms with Gasteiger partial charge in [-0.15, -0.1) is 0 Å². The minimum atomic E-state index is -0.0689. The number of rotatable bonds is 5. The van der Waals surface area contributed by atoms with E-state index in [4.69, 9.17) is 9.47 Å². The fraction of sp³-hybridized carbons (Fsp3) is 0.500. The van der Waals surface area contributed by atoms with Gasteiger partial charge in [0.2, 0.25) is 5.91 Å². The largest absolute Gasteiger partial charge is 0.493 e. The standard InChI is InChI=1S/C14H19NO4/c1-18-12-5-3-10(7-13(12)19-2)8-15-11(9-16)4-6-14(15)17/h3,5,7,11,16H,4,6,8-9H2,1-2H3. The van der Waals surface area contributed by atoms with Gasteiger partial charge in [-0.3, -0.25) is 4.79 Å². The van der Waals surface area contributed by atoms with Gasteiger partial charge in [0.05, 0.1) is 26.9 Å². The molecule has 1 aliphatic rings. The number of methoxy groups -OCH3 is 2. The quantitative estimate of drug-likeness (QED) is 0.868. The molecule has 1 N–H and O–H groups in total. The molecule has 0 spiro atoms. The lowest BCUT2D eigenvalue weighted by Gasteiger charge is -2.23. The Morgan fingerprint density at radius 3 is 2.68 bits per heavy atom. The van der Waals surface area contributed by atoms with Crippen LogP contribution in [0.25, 0.3) is 0 Å². The summed E-state index contributed by atoms with van der Waals surface area (Å²) >= 11 is 0. The Kier molecular flexibility index (Phi) is 4.27. The van der Waals surface area contributed by atoms with Gasteiger partial charge in [-0.25, -0.2) is 0 Å². The number of carbonyl (C=O) groups excluding carboxylic acids is 1. The maximum Gasteiger partial charge on any atom is 0.223 e. The first kappa shape index (κ1) is 13.7. The number of hydrogen-bond donors (Lipinski definition) is 1. The molecule has 0 saturated carbocycles. The number of aliphatic hydroxyl groups is 1. The van der Waals surface area contributed by atoms with E-state index < -0.39 is 0 Å². The Hall–Kier alpha value is -1.75. The van der Waals surface area contributed by atoms with Gasteiger partial charge < -0.3 is 19.5 Å². The van der Waals surface area contributed by atoms with Crippen molar-refractivity contribution in [3.05, 3.63) is 23.8 Å². The molecular weight excluding hydrogens is 246 g/mol. The minimum absolute atomic E-state index is 0.0129.